The minimum Gasteiger partial charge on any atom is -0.396 e. The van der Waals surface area contributed by atoms with Gasteiger partial charge in [-0.2, -0.15) is 0 Å². The van der Waals surface area contributed by atoms with E-state index in [1.54, 1.807) is 0 Å². The number of aldehydes is 1. The predicted molar refractivity (Wildman–Crippen MR) is 155 cm³/mol. The Kier molecular flexibility index (Phi) is 12.9. The number of carbonyl (C=O) groups is 1. The second-order valence-electron chi connectivity index (χ2n) is 11.5. The zero-order valence-corrected chi connectivity index (χ0v) is 24.0. The third kappa shape index (κ3) is 7.22. The van der Waals surface area contributed by atoms with Gasteiger partial charge in [-0.3, -0.25) is 4.79 Å². The van der Waals surface area contributed by atoms with Gasteiger partial charge in [0.05, 0.1) is 18.3 Å². The van der Waals surface area contributed by atoms with Crippen molar-refractivity contribution >= 4 is 6.29 Å². The van der Waals surface area contributed by atoms with Crippen LogP contribution in [0.2, 0.25) is 0 Å². The normalized spacial score (nSPS) is 31.2. The summed E-state index contributed by atoms with van der Waals surface area (Å²) in [4.78, 5) is 11.8. The Morgan fingerprint density at radius 2 is 1.95 bits per heavy atom. The van der Waals surface area contributed by atoms with E-state index in [2.05, 4.69) is 31.8 Å². The summed E-state index contributed by atoms with van der Waals surface area (Å²) in [6, 6.07) is 0. The first kappa shape index (κ1) is 32.4. The van der Waals surface area contributed by atoms with Crippen molar-refractivity contribution in [2.24, 2.45) is 17.3 Å². The number of carbonyl (C=O) groups excluding carboxylic acids is 1. The summed E-state index contributed by atoms with van der Waals surface area (Å²) in [5.41, 5.74) is 2.67. The van der Waals surface area contributed by atoms with E-state index in [9.17, 15) is 25.2 Å². The van der Waals surface area contributed by atoms with Crippen LogP contribution in [0.15, 0.2) is 58.7 Å². The van der Waals surface area contributed by atoms with Crippen LogP contribution >= 0.6 is 0 Å². The predicted octanol–water partition coefficient (Wildman–Crippen LogP) is 4.56. The first-order valence-corrected chi connectivity index (χ1v) is 14.2. The lowest BCUT2D eigenvalue weighted by molar-refractivity contribution is -0.180. The van der Waals surface area contributed by atoms with E-state index < -0.39 is 17.1 Å². The molecule has 0 aromatic heterocycles. The van der Waals surface area contributed by atoms with E-state index in [0.717, 1.165) is 35.8 Å². The highest BCUT2D eigenvalue weighted by Crippen LogP contribution is 2.63. The summed E-state index contributed by atoms with van der Waals surface area (Å²) < 4.78 is 0. The number of aliphatic hydroxyl groups is 4. The van der Waals surface area contributed by atoms with Crippen molar-refractivity contribution in [3.8, 4) is 0 Å². The quantitative estimate of drug-likeness (QED) is 0.0977. The molecular weight excluding hydrogens is 478 g/mol. The van der Waals surface area contributed by atoms with Crippen LogP contribution in [-0.2, 0) is 4.79 Å². The largest absolute Gasteiger partial charge is 0.396 e. The molecule has 2 aliphatic carbocycles. The van der Waals surface area contributed by atoms with Crippen molar-refractivity contribution in [1.82, 2.24) is 5.32 Å². The van der Waals surface area contributed by atoms with E-state index in [4.69, 9.17) is 0 Å². The highest BCUT2D eigenvalue weighted by Gasteiger charge is 2.65. The van der Waals surface area contributed by atoms with E-state index in [1.807, 2.05) is 32.2 Å². The summed E-state index contributed by atoms with van der Waals surface area (Å²) in [5, 5.41) is 47.4. The Morgan fingerprint density at radius 1 is 1.21 bits per heavy atom. The van der Waals surface area contributed by atoms with Crippen LogP contribution in [0.3, 0.4) is 0 Å². The second-order valence-corrected chi connectivity index (χ2v) is 11.5. The van der Waals surface area contributed by atoms with Gasteiger partial charge in [0.15, 0.2) is 0 Å². The van der Waals surface area contributed by atoms with Gasteiger partial charge in [0.1, 0.15) is 6.29 Å². The molecule has 2 rings (SSSR count). The minimum atomic E-state index is -1.13. The van der Waals surface area contributed by atoms with Crippen LogP contribution in [0.1, 0.15) is 78.6 Å². The maximum atomic E-state index is 12.2. The second kappa shape index (κ2) is 15.1. The number of aliphatic hydroxyl groups excluding tert-OH is 3. The first-order chi connectivity index (χ1) is 18.1. The van der Waals surface area contributed by atoms with Crippen LogP contribution in [0.5, 0.6) is 0 Å². The van der Waals surface area contributed by atoms with Crippen molar-refractivity contribution in [1.29, 1.82) is 0 Å². The monoisotopic (exact) mass is 529 g/mol. The van der Waals surface area contributed by atoms with Crippen LogP contribution in [0.25, 0.3) is 0 Å². The molecule has 5 atom stereocenters. The van der Waals surface area contributed by atoms with Gasteiger partial charge in [-0.05, 0) is 109 Å². The van der Waals surface area contributed by atoms with Gasteiger partial charge in [-0.15, -0.1) is 0 Å². The molecule has 0 amide bonds. The molecule has 0 heterocycles. The van der Waals surface area contributed by atoms with E-state index in [-0.39, 0.29) is 25.0 Å². The maximum Gasteiger partial charge on any atom is 0.145 e. The van der Waals surface area contributed by atoms with Gasteiger partial charge in [0, 0.05) is 17.9 Å². The summed E-state index contributed by atoms with van der Waals surface area (Å²) >= 11 is 0. The molecule has 6 nitrogen and oxygen atoms in total. The highest BCUT2D eigenvalue weighted by molar-refractivity contribution is 5.74. The molecule has 38 heavy (non-hydrogen) atoms. The molecule has 0 aliphatic heterocycles. The molecule has 214 valence electrons. The average molecular weight is 530 g/mol. The zero-order valence-electron chi connectivity index (χ0n) is 24.0. The fraction of sp³-hybridized carbons (Fsp3) is 0.656. The summed E-state index contributed by atoms with van der Waals surface area (Å²) in [5.74, 6) is -0.530. The van der Waals surface area contributed by atoms with Crippen LogP contribution in [0, 0.1) is 17.3 Å². The van der Waals surface area contributed by atoms with Crippen molar-refractivity contribution < 1.29 is 25.2 Å². The standard InChI is InChI=1S/C32H51NO5/c1-23(2)9-6-10-24(3)11-7-12-26(22-36)28-15-17-32(30(28)37)29(13-8-20-34)27(25(4)21-35)14-16-31(32,38)18-19-33-5/h7,9,11-12,21,28-30,33-34,36-38H,3,6,8,10,13-20,22H2,1-2,4-5H3. The fourth-order valence-electron chi connectivity index (χ4n) is 6.91. The van der Waals surface area contributed by atoms with Crippen LogP contribution < -0.4 is 5.32 Å². The molecule has 2 saturated carbocycles. The first-order valence-electron chi connectivity index (χ1n) is 14.2. The van der Waals surface area contributed by atoms with E-state index in [1.165, 1.54) is 5.57 Å². The van der Waals surface area contributed by atoms with Gasteiger partial charge in [-0.25, -0.2) is 0 Å². The Labute approximate surface area is 229 Å². The number of rotatable bonds is 14. The Bertz CT molecular complexity index is 928. The van der Waals surface area contributed by atoms with Gasteiger partial charge < -0.3 is 25.7 Å². The molecule has 5 N–H and O–H groups in total. The van der Waals surface area contributed by atoms with Gasteiger partial charge in [-0.1, -0.05) is 47.6 Å². The zero-order chi connectivity index (χ0) is 28.3. The molecule has 2 fully saturated rings. The molecule has 0 aromatic carbocycles. The van der Waals surface area contributed by atoms with E-state index in [0.29, 0.717) is 57.1 Å². The third-order valence-corrected chi connectivity index (χ3v) is 8.94. The molecule has 0 saturated heterocycles. The van der Waals surface area contributed by atoms with Gasteiger partial charge in [0.25, 0.3) is 0 Å². The molecule has 0 bridgehead atoms. The topological polar surface area (TPSA) is 110 Å². The Hall–Kier alpha value is -1.83. The molecule has 6 heteroatoms. The molecule has 1 spiro atoms. The van der Waals surface area contributed by atoms with Crippen LogP contribution in [0.4, 0.5) is 0 Å². The number of nitrogens with one attached hydrogen (secondary N) is 1. The minimum absolute atomic E-state index is 0.0125. The molecule has 2 aliphatic rings. The molecular formula is C32H51NO5. The van der Waals surface area contributed by atoms with Gasteiger partial charge in [0.2, 0.25) is 0 Å². The highest BCUT2D eigenvalue weighted by atomic mass is 16.3. The average Bonchev–Trinajstić information content (AvgIpc) is 3.23. The van der Waals surface area contributed by atoms with Gasteiger partial charge >= 0.3 is 0 Å². The Balaban J connectivity index is 2.45. The number of allylic oxidation sites excluding steroid dienone is 8. The van der Waals surface area contributed by atoms with E-state index >= 15 is 0 Å². The van der Waals surface area contributed by atoms with Crippen molar-refractivity contribution in [3.05, 3.63) is 58.7 Å². The summed E-state index contributed by atoms with van der Waals surface area (Å²) in [6.07, 6.45) is 13.6. The van der Waals surface area contributed by atoms with Crippen molar-refractivity contribution in [2.75, 3.05) is 26.8 Å². The number of hydrogen-bond donors (Lipinski definition) is 5. The molecule has 0 aromatic rings. The fourth-order valence-corrected chi connectivity index (χ4v) is 6.91. The summed E-state index contributed by atoms with van der Waals surface area (Å²) in [6.45, 7) is 10.5. The lowest BCUT2D eigenvalue weighted by Crippen LogP contribution is -2.61. The Morgan fingerprint density at radius 3 is 2.55 bits per heavy atom. The van der Waals surface area contributed by atoms with Crippen LogP contribution in [-0.4, -0.2) is 65.2 Å². The smallest absolute Gasteiger partial charge is 0.145 e. The number of hydrogen-bond acceptors (Lipinski definition) is 6. The summed E-state index contributed by atoms with van der Waals surface area (Å²) in [7, 11) is 1.85. The SMILES string of the molecule is C=C(C=CC=C(CO)C1CCC2(C(CCCO)C(=C(C)C=O)CCC2(O)CCNC)C1O)CCC=C(C)C. The third-order valence-electron chi connectivity index (χ3n) is 8.94. The maximum absolute atomic E-state index is 12.2. The lowest BCUT2D eigenvalue weighted by Gasteiger charge is -2.57. The van der Waals surface area contributed by atoms with Crippen molar-refractivity contribution in [2.45, 2.75) is 90.3 Å². The molecule has 5 unspecified atom stereocenters. The molecule has 0 radical (unpaired) electrons. The lowest BCUT2D eigenvalue weighted by atomic mass is 9.51. The van der Waals surface area contributed by atoms with Crippen molar-refractivity contribution in [3.63, 3.8) is 0 Å².